The number of amides is 1. The number of likely N-dealkylation sites (N-methyl/N-ethyl adjacent to an activating group) is 1. The minimum atomic E-state index is 0.106. The molecule has 3 heteroatoms. The predicted molar refractivity (Wildman–Crippen MR) is 97.1 cm³/mol. The van der Waals surface area contributed by atoms with Crippen molar-refractivity contribution in [1.82, 2.24) is 9.80 Å². The first kappa shape index (κ1) is 16.1. The van der Waals surface area contributed by atoms with Crippen LogP contribution < -0.4 is 0 Å². The van der Waals surface area contributed by atoms with E-state index >= 15 is 0 Å². The monoisotopic (exact) mass is 326 g/mol. The summed E-state index contributed by atoms with van der Waals surface area (Å²) in [6, 6.07) is 7.66. The number of hydrogen-bond donors (Lipinski definition) is 0. The van der Waals surface area contributed by atoms with Crippen LogP contribution in [0.3, 0.4) is 0 Å². The fourth-order valence-corrected chi connectivity index (χ4v) is 5.56. The molecular weight excluding hydrogens is 296 g/mol. The lowest BCUT2D eigenvalue weighted by atomic mass is 9.54. The first-order valence-electron chi connectivity index (χ1n) is 9.51. The van der Waals surface area contributed by atoms with E-state index in [0.29, 0.717) is 23.3 Å². The largest absolute Gasteiger partial charge is 0.342 e. The van der Waals surface area contributed by atoms with Crippen molar-refractivity contribution in [2.24, 2.45) is 11.8 Å². The Morgan fingerprint density at radius 1 is 1.25 bits per heavy atom. The van der Waals surface area contributed by atoms with Crippen LogP contribution in [-0.4, -0.2) is 48.4 Å². The molecule has 1 amide bonds. The minimum absolute atomic E-state index is 0.106. The Bertz CT molecular complexity index is 668. The van der Waals surface area contributed by atoms with Crippen molar-refractivity contribution in [3.05, 3.63) is 34.9 Å². The molecule has 0 spiro atoms. The maximum atomic E-state index is 12.6. The Morgan fingerprint density at radius 3 is 2.75 bits per heavy atom. The van der Waals surface area contributed by atoms with Gasteiger partial charge in [-0.1, -0.05) is 37.6 Å². The van der Waals surface area contributed by atoms with E-state index in [-0.39, 0.29) is 5.92 Å². The molecule has 1 aliphatic carbocycles. The second kappa shape index (κ2) is 5.59. The second-order valence-corrected chi connectivity index (χ2v) is 8.61. The predicted octanol–water partition coefficient (Wildman–Crippen LogP) is 3.00. The molecule has 4 rings (SSSR count). The van der Waals surface area contributed by atoms with Crippen molar-refractivity contribution >= 4 is 5.91 Å². The van der Waals surface area contributed by atoms with Gasteiger partial charge in [-0.2, -0.15) is 0 Å². The average molecular weight is 326 g/mol. The summed E-state index contributed by atoms with van der Waals surface area (Å²) in [5, 5.41) is 0. The third kappa shape index (κ3) is 2.24. The van der Waals surface area contributed by atoms with Crippen molar-refractivity contribution in [3.8, 4) is 0 Å². The van der Waals surface area contributed by atoms with E-state index in [1.54, 1.807) is 11.1 Å². The Balaban J connectivity index is 1.76. The zero-order valence-corrected chi connectivity index (χ0v) is 15.5. The van der Waals surface area contributed by atoms with Crippen LogP contribution in [0.15, 0.2) is 18.2 Å². The molecule has 130 valence electrons. The number of carbonyl (C=O) groups excluding carboxylic acids is 1. The summed E-state index contributed by atoms with van der Waals surface area (Å²) in [6.45, 7) is 9.33. The van der Waals surface area contributed by atoms with E-state index in [1.165, 1.54) is 18.5 Å². The molecule has 1 aromatic rings. The van der Waals surface area contributed by atoms with Gasteiger partial charge in [0.05, 0.1) is 0 Å². The van der Waals surface area contributed by atoms with Crippen molar-refractivity contribution in [1.29, 1.82) is 0 Å². The summed E-state index contributed by atoms with van der Waals surface area (Å²) in [7, 11) is 2.27. The van der Waals surface area contributed by atoms with Crippen LogP contribution in [0.2, 0.25) is 0 Å². The van der Waals surface area contributed by atoms with Crippen LogP contribution >= 0.6 is 0 Å². The fourth-order valence-electron chi connectivity index (χ4n) is 5.56. The standard InChI is InChI=1S/C21H30N2O/c1-14(2)20(24)23-10-8-21-7-9-22(4)19(18(21)13-23)12-16-6-5-15(3)11-17(16)21/h5-6,11,14,18-19H,7-10,12-13H2,1-4H3/t18-,19+,21+/m0/s1. The molecule has 2 bridgehead atoms. The van der Waals surface area contributed by atoms with Crippen LogP contribution in [-0.2, 0) is 16.6 Å². The summed E-state index contributed by atoms with van der Waals surface area (Å²) >= 11 is 0. The maximum Gasteiger partial charge on any atom is 0.225 e. The number of nitrogens with zero attached hydrogens (tertiary/aromatic N) is 2. The van der Waals surface area contributed by atoms with E-state index in [4.69, 9.17) is 0 Å². The van der Waals surface area contributed by atoms with Gasteiger partial charge in [-0.3, -0.25) is 4.79 Å². The van der Waals surface area contributed by atoms with E-state index in [1.807, 2.05) is 13.8 Å². The Morgan fingerprint density at radius 2 is 2.00 bits per heavy atom. The molecule has 1 aromatic carbocycles. The summed E-state index contributed by atoms with van der Waals surface area (Å²) < 4.78 is 0. The highest BCUT2D eigenvalue weighted by Gasteiger charge is 2.55. The molecular formula is C21H30N2O. The molecule has 0 aromatic heterocycles. The first-order chi connectivity index (χ1) is 11.4. The molecule has 3 nitrogen and oxygen atoms in total. The Kier molecular flexibility index (Phi) is 3.76. The van der Waals surface area contributed by atoms with E-state index in [2.05, 4.69) is 42.0 Å². The summed E-state index contributed by atoms with van der Waals surface area (Å²) in [5.74, 6) is 1.03. The van der Waals surface area contributed by atoms with Gasteiger partial charge in [0.2, 0.25) is 5.91 Å². The summed E-state index contributed by atoms with van der Waals surface area (Å²) in [6.07, 6.45) is 3.52. The molecule has 0 unspecified atom stereocenters. The van der Waals surface area contributed by atoms with Crippen LogP contribution in [0.5, 0.6) is 0 Å². The number of piperidine rings is 2. The fraction of sp³-hybridized carbons (Fsp3) is 0.667. The maximum absolute atomic E-state index is 12.6. The van der Waals surface area contributed by atoms with Gasteiger partial charge in [0.25, 0.3) is 0 Å². The lowest BCUT2D eigenvalue weighted by Crippen LogP contribution is -2.65. The Labute approximate surface area is 146 Å². The van der Waals surface area contributed by atoms with Crippen molar-refractivity contribution in [2.75, 3.05) is 26.7 Å². The number of hydrogen-bond acceptors (Lipinski definition) is 2. The molecule has 0 N–H and O–H groups in total. The molecule has 2 aliphatic heterocycles. The number of aryl methyl sites for hydroxylation is 1. The van der Waals surface area contributed by atoms with E-state index in [9.17, 15) is 4.79 Å². The first-order valence-corrected chi connectivity index (χ1v) is 9.51. The lowest BCUT2D eigenvalue weighted by molar-refractivity contribution is -0.140. The highest BCUT2D eigenvalue weighted by Crippen LogP contribution is 2.53. The molecule has 2 heterocycles. The van der Waals surface area contributed by atoms with E-state index in [0.717, 1.165) is 25.9 Å². The highest BCUT2D eigenvalue weighted by atomic mass is 16.2. The van der Waals surface area contributed by atoms with Gasteiger partial charge in [-0.15, -0.1) is 0 Å². The smallest absolute Gasteiger partial charge is 0.225 e. The molecule has 3 atom stereocenters. The van der Waals surface area contributed by atoms with Gasteiger partial charge in [0.15, 0.2) is 0 Å². The quantitative estimate of drug-likeness (QED) is 0.792. The van der Waals surface area contributed by atoms with Gasteiger partial charge >= 0.3 is 0 Å². The molecule has 2 fully saturated rings. The minimum Gasteiger partial charge on any atom is -0.342 e. The number of carbonyl (C=O) groups is 1. The third-order valence-corrected chi connectivity index (χ3v) is 6.93. The number of benzene rings is 1. The second-order valence-electron chi connectivity index (χ2n) is 8.61. The molecule has 0 radical (unpaired) electrons. The van der Waals surface area contributed by atoms with Crippen LogP contribution in [0, 0.1) is 18.8 Å². The number of rotatable bonds is 1. The van der Waals surface area contributed by atoms with Gasteiger partial charge in [0, 0.05) is 36.4 Å². The van der Waals surface area contributed by atoms with Crippen LogP contribution in [0.1, 0.15) is 43.4 Å². The average Bonchev–Trinajstić information content (AvgIpc) is 2.57. The normalized spacial score (nSPS) is 32.5. The van der Waals surface area contributed by atoms with Crippen molar-refractivity contribution < 1.29 is 4.79 Å². The van der Waals surface area contributed by atoms with Gasteiger partial charge in [0.1, 0.15) is 0 Å². The summed E-state index contributed by atoms with van der Waals surface area (Å²) in [4.78, 5) is 17.3. The molecule has 24 heavy (non-hydrogen) atoms. The lowest BCUT2D eigenvalue weighted by Gasteiger charge is -2.60. The van der Waals surface area contributed by atoms with E-state index < -0.39 is 0 Å². The SMILES string of the molecule is Cc1ccc2c(c1)[C@@]13CCN(C(=O)C(C)C)C[C@H]1[C@@H](C2)N(C)CC3. The van der Waals surface area contributed by atoms with Crippen molar-refractivity contribution in [2.45, 2.75) is 51.5 Å². The number of fused-ring (bicyclic) bond motifs is 1. The van der Waals surface area contributed by atoms with Gasteiger partial charge < -0.3 is 9.80 Å². The topological polar surface area (TPSA) is 23.6 Å². The molecule has 2 saturated heterocycles. The third-order valence-electron chi connectivity index (χ3n) is 6.93. The highest BCUT2D eigenvalue weighted by molar-refractivity contribution is 5.78. The van der Waals surface area contributed by atoms with Crippen LogP contribution in [0.25, 0.3) is 0 Å². The Hall–Kier alpha value is -1.35. The summed E-state index contributed by atoms with van der Waals surface area (Å²) in [5.41, 5.74) is 4.83. The van der Waals surface area contributed by atoms with Crippen LogP contribution in [0.4, 0.5) is 0 Å². The van der Waals surface area contributed by atoms with Crippen molar-refractivity contribution in [3.63, 3.8) is 0 Å². The zero-order chi connectivity index (χ0) is 17.1. The zero-order valence-electron chi connectivity index (χ0n) is 15.5. The molecule has 3 aliphatic rings. The molecule has 0 saturated carbocycles. The number of likely N-dealkylation sites (tertiary alicyclic amines) is 2. The van der Waals surface area contributed by atoms with Gasteiger partial charge in [-0.25, -0.2) is 0 Å². The van der Waals surface area contributed by atoms with Gasteiger partial charge in [-0.05, 0) is 50.9 Å².